The highest BCUT2D eigenvalue weighted by atomic mass is 32.2. The van der Waals surface area contributed by atoms with Crippen LogP contribution in [0.5, 0.6) is 0 Å². The second-order valence-electron chi connectivity index (χ2n) is 10.1. The van der Waals surface area contributed by atoms with Gasteiger partial charge in [-0.05, 0) is 37.6 Å². The summed E-state index contributed by atoms with van der Waals surface area (Å²) in [4.78, 5) is 41.4. The van der Waals surface area contributed by atoms with Crippen molar-refractivity contribution in [1.29, 1.82) is 5.41 Å². The van der Waals surface area contributed by atoms with Gasteiger partial charge in [-0.25, -0.2) is 8.42 Å². The van der Waals surface area contributed by atoms with Gasteiger partial charge in [-0.1, -0.05) is 24.3 Å². The lowest BCUT2D eigenvalue weighted by molar-refractivity contribution is -0.137. The van der Waals surface area contributed by atoms with Crippen molar-refractivity contribution < 1.29 is 22.8 Å². The number of amidine groups is 1. The maximum atomic E-state index is 13.3. The third-order valence-electron chi connectivity index (χ3n) is 7.25. The fraction of sp³-hybridized carbons (Fsp3) is 0.286. The molecule has 1 aliphatic rings. The molecule has 2 aromatic heterocycles. The minimum atomic E-state index is -3.52. The first-order valence-electron chi connectivity index (χ1n) is 12.8. The van der Waals surface area contributed by atoms with Crippen molar-refractivity contribution in [3.8, 4) is 0 Å². The summed E-state index contributed by atoms with van der Waals surface area (Å²) in [6.45, 7) is 1.24. The number of likely N-dealkylation sites (tertiary alicyclic amines) is 1. The van der Waals surface area contributed by atoms with Crippen LogP contribution in [0.15, 0.2) is 53.9 Å². The lowest BCUT2D eigenvalue weighted by Gasteiger charge is -2.25. The first-order chi connectivity index (χ1) is 19.4. The lowest BCUT2D eigenvalue weighted by Crippen LogP contribution is -2.49. The van der Waals surface area contributed by atoms with Crippen LogP contribution in [-0.2, 0) is 19.4 Å². The molecule has 0 spiro atoms. The molecule has 1 aliphatic heterocycles. The highest BCUT2D eigenvalue weighted by Gasteiger charge is 2.43. The standard InChI is InChI=1S/C28H29N5O5S3/c1-15(23-10-17(14-39-23)26(29)30)32-28(36)21-11-18(41(2,37)38)13-33(21)25(34)12-31-27(35)16-7-8-20-19-5-3-4-6-22(19)40-24(20)9-16/h3-10,14-15,18,21H,11-13H2,1-2H3,(H3,29,30)(H,31,35)(H,32,36)/t15-,18-,21+/m1/s1. The summed E-state index contributed by atoms with van der Waals surface area (Å²) >= 11 is 2.91. The number of nitrogen functional groups attached to an aromatic ring is 1. The molecule has 0 aliphatic carbocycles. The van der Waals surface area contributed by atoms with Crippen molar-refractivity contribution in [3.63, 3.8) is 0 Å². The van der Waals surface area contributed by atoms with E-state index < -0.39 is 44.9 Å². The number of carbonyl (C=O) groups excluding carboxylic acids is 3. The molecule has 4 aromatic rings. The van der Waals surface area contributed by atoms with Gasteiger partial charge in [0.05, 0.1) is 17.8 Å². The van der Waals surface area contributed by atoms with Crippen LogP contribution in [0.2, 0.25) is 0 Å². The molecule has 3 amide bonds. The molecule has 10 nitrogen and oxygen atoms in total. The van der Waals surface area contributed by atoms with E-state index >= 15 is 0 Å². The Labute approximate surface area is 245 Å². The largest absolute Gasteiger partial charge is 0.384 e. The molecular weight excluding hydrogens is 583 g/mol. The van der Waals surface area contributed by atoms with Crippen molar-refractivity contribution in [1.82, 2.24) is 15.5 Å². The van der Waals surface area contributed by atoms with Crippen LogP contribution in [-0.4, -0.2) is 67.5 Å². The Balaban J connectivity index is 1.27. The molecule has 41 heavy (non-hydrogen) atoms. The average Bonchev–Trinajstić information content (AvgIpc) is 3.67. The van der Waals surface area contributed by atoms with Gasteiger partial charge in [0.2, 0.25) is 11.8 Å². The van der Waals surface area contributed by atoms with Gasteiger partial charge in [0.25, 0.3) is 5.91 Å². The Morgan fingerprint density at radius 2 is 1.83 bits per heavy atom. The van der Waals surface area contributed by atoms with Gasteiger partial charge >= 0.3 is 0 Å². The fourth-order valence-corrected chi connectivity index (χ4v) is 7.99. The number of sulfone groups is 1. The number of carbonyl (C=O) groups is 3. The van der Waals surface area contributed by atoms with Crippen LogP contribution < -0.4 is 16.4 Å². The van der Waals surface area contributed by atoms with Crippen LogP contribution in [0.1, 0.15) is 40.2 Å². The number of fused-ring (bicyclic) bond motifs is 3. The van der Waals surface area contributed by atoms with E-state index in [0.29, 0.717) is 11.1 Å². The molecule has 1 saturated heterocycles. The van der Waals surface area contributed by atoms with Crippen LogP contribution in [0.3, 0.4) is 0 Å². The quantitative estimate of drug-likeness (QED) is 0.177. The van der Waals surface area contributed by atoms with Crippen LogP contribution in [0, 0.1) is 5.41 Å². The first kappa shape index (κ1) is 28.7. The summed E-state index contributed by atoms with van der Waals surface area (Å²) < 4.78 is 26.7. The Hall–Kier alpha value is -3.81. The third kappa shape index (κ3) is 5.97. The van der Waals surface area contributed by atoms with Gasteiger partial charge in [-0.2, -0.15) is 0 Å². The zero-order chi connectivity index (χ0) is 29.5. The number of benzene rings is 2. The Bertz CT molecular complexity index is 1790. The summed E-state index contributed by atoms with van der Waals surface area (Å²) in [6, 6.07) is 13.6. The molecule has 3 heterocycles. The van der Waals surface area contributed by atoms with E-state index in [1.54, 1.807) is 41.8 Å². The molecule has 0 unspecified atom stereocenters. The van der Waals surface area contributed by atoms with Crippen molar-refractivity contribution in [3.05, 3.63) is 69.9 Å². The molecule has 2 aromatic carbocycles. The summed E-state index contributed by atoms with van der Waals surface area (Å²) in [5.41, 5.74) is 6.48. The van der Waals surface area contributed by atoms with E-state index in [4.69, 9.17) is 11.1 Å². The van der Waals surface area contributed by atoms with Crippen LogP contribution >= 0.6 is 22.7 Å². The topological polar surface area (TPSA) is 163 Å². The monoisotopic (exact) mass is 611 g/mol. The second kappa shape index (κ2) is 11.2. The average molecular weight is 612 g/mol. The summed E-state index contributed by atoms with van der Waals surface area (Å²) in [5.74, 6) is -1.56. The number of hydrogen-bond acceptors (Lipinski definition) is 8. The van der Waals surface area contributed by atoms with Crippen molar-refractivity contribution in [2.24, 2.45) is 5.73 Å². The Morgan fingerprint density at radius 1 is 1.10 bits per heavy atom. The number of nitrogens with two attached hydrogens (primary N) is 1. The van der Waals surface area contributed by atoms with Crippen molar-refractivity contribution in [2.45, 2.75) is 30.7 Å². The highest BCUT2D eigenvalue weighted by molar-refractivity contribution is 7.91. The van der Waals surface area contributed by atoms with Gasteiger partial charge < -0.3 is 21.3 Å². The van der Waals surface area contributed by atoms with Crippen molar-refractivity contribution in [2.75, 3.05) is 19.3 Å². The molecule has 1 fully saturated rings. The van der Waals surface area contributed by atoms with Crippen LogP contribution in [0.4, 0.5) is 0 Å². The van der Waals surface area contributed by atoms with E-state index in [1.165, 1.54) is 16.2 Å². The second-order valence-corrected chi connectivity index (χ2v) is 14.5. The maximum Gasteiger partial charge on any atom is 0.251 e. The summed E-state index contributed by atoms with van der Waals surface area (Å²) in [6.07, 6.45) is 1.05. The number of nitrogens with one attached hydrogen (secondary N) is 3. The zero-order valence-electron chi connectivity index (χ0n) is 22.3. The molecule has 0 bridgehead atoms. The molecule has 3 atom stereocenters. The lowest BCUT2D eigenvalue weighted by atomic mass is 10.1. The van der Waals surface area contributed by atoms with E-state index in [9.17, 15) is 22.8 Å². The molecule has 13 heteroatoms. The molecular formula is C28H29N5O5S3. The molecule has 5 N–H and O–H groups in total. The minimum absolute atomic E-state index is 0.0389. The van der Waals surface area contributed by atoms with E-state index in [0.717, 1.165) is 31.3 Å². The van der Waals surface area contributed by atoms with Gasteiger partial charge in [-0.3, -0.25) is 19.8 Å². The summed E-state index contributed by atoms with van der Waals surface area (Å²) in [7, 11) is -3.52. The smallest absolute Gasteiger partial charge is 0.251 e. The molecule has 0 radical (unpaired) electrons. The number of nitrogens with zero attached hydrogens (tertiary/aromatic N) is 1. The van der Waals surface area contributed by atoms with E-state index in [2.05, 4.69) is 10.6 Å². The van der Waals surface area contributed by atoms with Gasteiger partial charge in [-0.15, -0.1) is 22.7 Å². The Morgan fingerprint density at radius 3 is 2.54 bits per heavy atom. The van der Waals surface area contributed by atoms with Gasteiger partial charge in [0, 0.05) is 54.4 Å². The number of hydrogen-bond donors (Lipinski definition) is 4. The Kier molecular flexibility index (Phi) is 7.86. The van der Waals surface area contributed by atoms with Gasteiger partial charge in [0.15, 0.2) is 9.84 Å². The number of thiophene rings is 2. The summed E-state index contributed by atoms with van der Waals surface area (Å²) in [5, 5.41) is 16.0. The number of amides is 3. The first-order valence-corrected chi connectivity index (χ1v) is 16.5. The van der Waals surface area contributed by atoms with E-state index in [-0.39, 0.29) is 25.3 Å². The van der Waals surface area contributed by atoms with E-state index in [1.807, 2.05) is 30.3 Å². The predicted molar refractivity (Wildman–Crippen MR) is 162 cm³/mol. The SMILES string of the molecule is C[C@@H](NC(=O)[C@@H]1C[C@@H](S(C)(=O)=O)CN1C(=O)CNC(=O)c1ccc2c(c1)sc1ccccc12)c1cc(C(=N)N)cs1. The third-order valence-corrected chi connectivity index (χ3v) is 11.1. The fourth-order valence-electron chi connectivity index (χ4n) is 4.96. The minimum Gasteiger partial charge on any atom is -0.384 e. The normalized spacial score (nSPS) is 18.0. The van der Waals surface area contributed by atoms with Crippen LogP contribution in [0.25, 0.3) is 20.2 Å². The predicted octanol–water partition coefficient (Wildman–Crippen LogP) is 3.02. The molecule has 0 saturated carbocycles. The highest BCUT2D eigenvalue weighted by Crippen LogP contribution is 2.34. The van der Waals surface area contributed by atoms with Crippen molar-refractivity contribution >= 4 is 76.2 Å². The molecule has 5 rings (SSSR count). The maximum absolute atomic E-state index is 13.3. The number of rotatable bonds is 8. The van der Waals surface area contributed by atoms with Gasteiger partial charge in [0.1, 0.15) is 11.9 Å². The zero-order valence-corrected chi connectivity index (χ0v) is 24.8. The molecule has 214 valence electrons.